The van der Waals surface area contributed by atoms with Crippen LogP contribution in [0.1, 0.15) is 87.0 Å². The Hall–Kier alpha value is -1.55. The average Bonchev–Trinajstić information content (AvgIpc) is 3.55. The van der Waals surface area contributed by atoms with Crippen LogP contribution in [-0.4, -0.2) is 214 Å². The van der Waals surface area contributed by atoms with Crippen molar-refractivity contribution in [3.63, 3.8) is 0 Å². The van der Waals surface area contributed by atoms with Crippen molar-refractivity contribution in [2.45, 2.75) is 204 Å². The molecule has 0 spiro atoms. The highest BCUT2D eigenvalue weighted by Crippen LogP contribution is 2.76. The SMILES string of the molecule is CC1(C)C[C@H]2C3=CC[C@@H]4[C@@]5(C)CC[C@H](O[C@@H]6O[C@H](C(=O)O)[C@@H](O)[C@@H](O[C@@H]7O[C@@H](CO)[C@@H](O)[C@H]7O)[C@H]6O[C@@H]6O[C@H](CO)[C@H](O)[C@@H](O)[C@H]6O)C(C)(C)[C@@H]5CC[C@@]4(C)[C@]3(C)[C@@H](O)[C@@H](O)[C@@]2(CO)[C@@H](O)[C@@H]1O. The van der Waals surface area contributed by atoms with Crippen molar-refractivity contribution in [1.29, 1.82) is 0 Å². The van der Waals surface area contributed by atoms with Gasteiger partial charge in [0.1, 0.15) is 61.0 Å². The Kier molecular flexibility index (Phi) is 14.1. The minimum absolute atomic E-state index is 0.0771. The normalized spacial score (nSPS) is 55.3. The third-order valence-corrected chi connectivity index (χ3v) is 19.5. The molecule has 390 valence electrons. The zero-order chi connectivity index (χ0) is 50.2. The van der Waals surface area contributed by atoms with E-state index in [1.807, 2.05) is 34.6 Å². The van der Waals surface area contributed by atoms with Gasteiger partial charge in [0, 0.05) is 5.41 Å². The standard InChI is InChI=1S/C47H76O21/c1-42(2)14-19-18-8-9-23-44(5)12-11-24(43(3,4)22(44)10-13-45(23,6)46(18,7)35(58)37(60)47(19,17-50)36(59)34(42)57)65-41-33(68-40-29(55)27(53)25(51)20(15-48)63-40)31(30(56)32(67-41)38(61)62)66-39-28(54)26(52)21(16-49)64-39/h8,19-37,39-41,48-60H,9-17H2,1-7H3,(H,61,62)/t19-,20+,21-,22-,23+,24-,25-,26+,27+,28+,29+,30-,31+,32-,33+,34-,35-,36-,37+,39-,40-,41+,44-,45+,46-,47+/m0/s1. The first-order valence-corrected chi connectivity index (χ1v) is 24.1. The molecule has 21 heteroatoms. The lowest BCUT2D eigenvalue weighted by atomic mass is 9.32. The zero-order valence-electron chi connectivity index (χ0n) is 39.8. The van der Waals surface area contributed by atoms with Crippen LogP contribution in [0.2, 0.25) is 0 Å². The first-order chi connectivity index (χ1) is 31.6. The number of carboxylic acids is 1. The summed E-state index contributed by atoms with van der Waals surface area (Å²) in [6, 6.07) is 0. The number of carbonyl (C=O) groups is 1. The molecule has 3 heterocycles. The molecule has 0 amide bonds. The number of hydrogen-bond acceptors (Lipinski definition) is 20. The zero-order valence-corrected chi connectivity index (χ0v) is 39.8. The van der Waals surface area contributed by atoms with Crippen molar-refractivity contribution in [3.05, 3.63) is 11.6 Å². The molecule has 0 aromatic heterocycles. The first-order valence-electron chi connectivity index (χ1n) is 24.1. The minimum Gasteiger partial charge on any atom is -0.479 e. The predicted octanol–water partition coefficient (Wildman–Crippen LogP) is -2.77. The highest BCUT2D eigenvalue weighted by Gasteiger charge is 2.75. The van der Waals surface area contributed by atoms with Gasteiger partial charge in [-0.05, 0) is 77.9 Å². The number of ether oxygens (including phenoxy) is 6. The van der Waals surface area contributed by atoms with E-state index in [4.69, 9.17) is 28.4 Å². The molecule has 0 unspecified atom stereocenters. The molecule has 3 aliphatic heterocycles. The first kappa shape index (κ1) is 52.8. The van der Waals surface area contributed by atoms with Crippen molar-refractivity contribution in [1.82, 2.24) is 0 Å². The molecule has 14 N–H and O–H groups in total. The summed E-state index contributed by atoms with van der Waals surface area (Å²) in [6.45, 7) is 11.9. The van der Waals surface area contributed by atoms with Gasteiger partial charge in [-0.25, -0.2) is 4.79 Å². The molecule has 7 fully saturated rings. The molecule has 4 saturated carbocycles. The minimum atomic E-state index is -2.10. The molecule has 8 rings (SSSR count). The summed E-state index contributed by atoms with van der Waals surface area (Å²) in [5, 5.41) is 154. The van der Waals surface area contributed by atoms with Crippen LogP contribution in [0.3, 0.4) is 0 Å². The Morgan fingerprint density at radius 2 is 1.19 bits per heavy atom. The molecule has 0 aromatic carbocycles. The summed E-state index contributed by atoms with van der Waals surface area (Å²) < 4.78 is 36.2. The molecule has 21 nitrogen and oxygen atoms in total. The summed E-state index contributed by atoms with van der Waals surface area (Å²) in [5.74, 6) is -2.36. The second-order valence-corrected chi connectivity index (χ2v) is 23.3. The van der Waals surface area contributed by atoms with Gasteiger partial charge in [-0.15, -0.1) is 0 Å². The van der Waals surface area contributed by atoms with E-state index in [9.17, 15) is 76.3 Å². The van der Waals surface area contributed by atoms with Crippen LogP contribution >= 0.6 is 0 Å². The van der Waals surface area contributed by atoms with Crippen LogP contribution in [0, 0.1) is 50.2 Å². The van der Waals surface area contributed by atoms with Gasteiger partial charge < -0.3 is 99.9 Å². The number of aliphatic hydroxyl groups is 13. The van der Waals surface area contributed by atoms with Gasteiger partial charge in [0.05, 0.1) is 55.8 Å². The fourth-order valence-corrected chi connectivity index (χ4v) is 15.2. The molecule has 0 aromatic rings. The second kappa shape index (κ2) is 18.1. The van der Waals surface area contributed by atoms with Gasteiger partial charge in [0.15, 0.2) is 25.0 Å². The summed E-state index contributed by atoms with van der Waals surface area (Å²) in [5.41, 5.74) is -4.33. The molecule has 8 aliphatic rings. The second-order valence-electron chi connectivity index (χ2n) is 23.3. The molecule has 5 aliphatic carbocycles. The van der Waals surface area contributed by atoms with Crippen LogP contribution in [0.25, 0.3) is 0 Å². The van der Waals surface area contributed by atoms with Gasteiger partial charge in [0.2, 0.25) is 0 Å². The average molecular weight is 977 g/mol. The van der Waals surface area contributed by atoms with Crippen LogP contribution in [0.5, 0.6) is 0 Å². The van der Waals surface area contributed by atoms with Gasteiger partial charge >= 0.3 is 5.97 Å². The van der Waals surface area contributed by atoms with Crippen LogP contribution in [0.4, 0.5) is 0 Å². The molecular formula is C47H76O21. The largest absolute Gasteiger partial charge is 0.479 e. The van der Waals surface area contributed by atoms with E-state index in [-0.39, 0.29) is 11.8 Å². The molecule has 3 saturated heterocycles. The topological polar surface area (TPSA) is 356 Å². The van der Waals surface area contributed by atoms with Crippen LogP contribution < -0.4 is 0 Å². The summed E-state index contributed by atoms with van der Waals surface area (Å²) in [4.78, 5) is 12.8. The highest BCUT2D eigenvalue weighted by atomic mass is 16.8. The van der Waals surface area contributed by atoms with Crippen molar-refractivity contribution >= 4 is 5.97 Å². The van der Waals surface area contributed by atoms with Crippen LogP contribution in [-0.2, 0) is 33.2 Å². The maximum Gasteiger partial charge on any atom is 0.335 e. The van der Waals surface area contributed by atoms with E-state index in [1.165, 1.54) is 0 Å². The number of allylic oxidation sites excluding steroid dienone is 1. The van der Waals surface area contributed by atoms with E-state index < -0.39 is 181 Å². The smallest absolute Gasteiger partial charge is 0.335 e. The van der Waals surface area contributed by atoms with E-state index in [0.717, 1.165) is 5.57 Å². The fourth-order valence-electron chi connectivity index (χ4n) is 15.2. The van der Waals surface area contributed by atoms with E-state index in [1.54, 1.807) is 0 Å². The number of carboxylic acid groups (broad SMARTS) is 1. The number of rotatable bonds is 10. The lowest BCUT2D eigenvalue weighted by Crippen LogP contribution is -2.76. The maximum absolute atomic E-state index is 12.8. The molecule has 0 bridgehead atoms. The monoisotopic (exact) mass is 976 g/mol. The highest BCUT2D eigenvalue weighted by molar-refractivity contribution is 5.73. The Labute approximate surface area is 395 Å². The summed E-state index contributed by atoms with van der Waals surface area (Å²) >= 11 is 0. The van der Waals surface area contributed by atoms with Crippen molar-refractivity contribution < 1.29 is 105 Å². The predicted molar refractivity (Wildman–Crippen MR) is 230 cm³/mol. The van der Waals surface area contributed by atoms with Gasteiger partial charge in [0.25, 0.3) is 0 Å². The van der Waals surface area contributed by atoms with E-state index in [0.29, 0.717) is 38.5 Å². The molecule has 0 radical (unpaired) electrons. The Balaban J connectivity index is 1.12. The number of aliphatic hydroxyl groups excluding tert-OH is 13. The van der Waals surface area contributed by atoms with Crippen LogP contribution in [0.15, 0.2) is 11.6 Å². The van der Waals surface area contributed by atoms with Gasteiger partial charge in [-0.1, -0.05) is 60.1 Å². The summed E-state index contributed by atoms with van der Waals surface area (Å²) in [6.07, 6.45) is -26.4. The number of aliphatic carboxylic acids is 1. The number of fused-ring (bicyclic) bond motifs is 7. The maximum atomic E-state index is 12.8. The number of hydrogen-bond donors (Lipinski definition) is 14. The lowest BCUT2D eigenvalue weighted by molar-refractivity contribution is -0.386. The van der Waals surface area contributed by atoms with E-state index in [2.05, 4.69) is 19.9 Å². The quantitative estimate of drug-likeness (QED) is 0.0778. The molecule has 26 atom stereocenters. The Morgan fingerprint density at radius 1 is 0.632 bits per heavy atom. The Bertz CT molecular complexity index is 1880. The van der Waals surface area contributed by atoms with Crippen molar-refractivity contribution in [2.75, 3.05) is 19.8 Å². The summed E-state index contributed by atoms with van der Waals surface area (Å²) in [7, 11) is 0. The third kappa shape index (κ3) is 7.46. The van der Waals surface area contributed by atoms with Crippen molar-refractivity contribution in [2.24, 2.45) is 50.2 Å². The molecule has 68 heavy (non-hydrogen) atoms. The van der Waals surface area contributed by atoms with Gasteiger partial charge in [-0.2, -0.15) is 0 Å². The third-order valence-electron chi connectivity index (χ3n) is 19.5. The Morgan fingerprint density at radius 3 is 1.76 bits per heavy atom. The van der Waals surface area contributed by atoms with E-state index >= 15 is 0 Å². The fraction of sp³-hybridized carbons (Fsp3) is 0.936. The molecular weight excluding hydrogens is 900 g/mol. The lowest BCUT2D eigenvalue weighted by Gasteiger charge is -2.73. The van der Waals surface area contributed by atoms with Gasteiger partial charge in [-0.3, -0.25) is 0 Å². The van der Waals surface area contributed by atoms with Crippen molar-refractivity contribution in [3.8, 4) is 0 Å².